The van der Waals surface area contributed by atoms with E-state index in [1.54, 1.807) is 32.0 Å². The van der Waals surface area contributed by atoms with Crippen molar-refractivity contribution in [2.45, 2.75) is 56.2 Å². The maximum absolute atomic E-state index is 14.6. The third kappa shape index (κ3) is 4.17. The van der Waals surface area contributed by atoms with E-state index in [2.05, 4.69) is 15.5 Å². The van der Waals surface area contributed by atoms with E-state index < -0.39 is 26.8 Å². The molecule has 1 aliphatic heterocycles. The zero-order chi connectivity index (χ0) is 22.9. The largest absolute Gasteiger partial charge is 0.319 e. The zero-order valence-corrected chi connectivity index (χ0v) is 18.8. The molecule has 1 aliphatic rings. The van der Waals surface area contributed by atoms with Crippen LogP contribution in [0.4, 0.5) is 10.1 Å². The number of hydrogen-bond acceptors (Lipinski definition) is 5. The topological polar surface area (TPSA) is 93.9 Å². The second-order valence-electron chi connectivity index (χ2n) is 8.14. The molecule has 4 rings (SSSR count). The number of sulfone groups is 1. The lowest BCUT2D eigenvalue weighted by Crippen LogP contribution is -2.21. The summed E-state index contributed by atoms with van der Waals surface area (Å²) in [7, 11) is -3.69. The van der Waals surface area contributed by atoms with Gasteiger partial charge in [-0.05, 0) is 57.0 Å². The third-order valence-corrected chi connectivity index (χ3v) is 7.85. The van der Waals surface area contributed by atoms with Crippen LogP contribution >= 0.6 is 0 Å². The molecule has 168 valence electrons. The Kier molecular flexibility index (Phi) is 6.10. The number of carbonyl (C=O) groups excluding carboxylic acids is 1. The average Bonchev–Trinajstić information content (AvgIpc) is 3.03. The Balaban J connectivity index is 1.68. The van der Waals surface area contributed by atoms with E-state index in [1.165, 1.54) is 24.3 Å². The fourth-order valence-electron chi connectivity index (χ4n) is 3.80. The highest BCUT2D eigenvalue weighted by Crippen LogP contribution is 2.28. The first-order valence-corrected chi connectivity index (χ1v) is 12.2. The van der Waals surface area contributed by atoms with Crippen molar-refractivity contribution in [3.8, 4) is 11.4 Å². The molecule has 0 atom stereocenters. The minimum atomic E-state index is -3.69. The summed E-state index contributed by atoms with van der Waals surface area (Å²) in [4.78, 5) is 12.9. The SMILES string of the molecule is CC(C)S(=O)(=O)c1ccccc1C(=O)Nc1cc(-c2nnc3n2CCCCC3)ccc1F. The predicted molar refractivity (Wildman–Crippen MR) is 120 cm³/mol. The fourth-order valence-corrected chi connectivity index (χ4v) is 5.05. The monoisotopic (exact) mass is 456 g/mol. The Labute approximate surface area is 186 Å². The highest BCUT2D eigenvalue weighted by Gasteiger charge is 2.26. The number of anilines is 1. The number of nitrogens with one attached hydrogen (secondary N) is 1. The van der Waals surface area contributed by atoms with Gasteiger partial charge < -0.3 is 9.88 Å². The molecule has 1 N–H and O–H groups in total. The molecule has 0 radical (unpaired) electrons. The Hall–Kier alpha value is -3.07. The molecule has 2 aromatic carbocycles. The number of benzene rings is 2. The summed E-state index contributed by atoms with van der Waals surface area (Å²) in [6.07, 6.45) is 4.04. The molecule has 0 saturated heterocycles. The predicted octanol–water partition coefficient (Wildman–Crippen LogP) is 4.25. The molecule has 0 unspecified atom stereocenters. The second kappa shape index (κ2) is 8.82. The first-order valence-electron chi connectivity index (χ1n) is 10.7. The van der Waals surface area contributed by atoms with E-state index in [4.69, 9.17) is 0 Å². The summed E-state index contributed by atoms with van der Waals surface area (Å²) < 4.78 is 42.0. The molecule has 32 heavy (non-hydrogen) atoms. The number of fused-ring (bicyclic) bond motifs is 1. The quantitative estimate of drug-likeness (QED) is 0.620. The van der Waals surface area contributed by atoms with Crippen LogP contribution in [-0.2, 0) is 22.8 Å². The van der Waals surface area contributed by atoms with E-state index in [0.29, 0.717) is 11.4 Å². The Bertz CT molecular complexity index is 1270. The Morgan fingerprint density at radius 1 is 1.09 bits per heavy atom. The summed E-state index contributed by atoms with van der Waals surface area (Å²) in [6, 6.07) is 10.3. The molecule has 0 bridgehead atoms. The third-order valence-electron chi connectivity index (χ3n) is 5.64. The molecule has 0 fully saturated rings. The summed E-state index contributed by atoms with van der Waals surface area (Å²) in [6.45, 7) is 3.89. The number of carbonyl (C=O) groups is 1. The molecule has 1 aromatic heterocycles. The van der Waals surface area contributed by atoms with Crippen LogP contribution in [0.5, 0.6) is 0 Å². The van der Waals surface area contributed by atoms with Gasteiger partial charge in [0.15, 0.2) is 15.7 Å². The molecule has 7 nitrogen and oxygen atoms in total. The normalized spacial score (nSPS) is 14.1. The van der Waals surface area contributed by atoms with Gasteiger partial charge in [-0.15, -0.1) is 10.2 Å². The number of rotatable bonds is 5. The lowest BCUT2D eigenvalue weighted by Gasteiger charge is -2.14. The van der Waals surface area contributed by atoms with Gasteiger partial charge in [0.05, 0.1) is 21.4 Å². The minimum absolute atomic E-state index is 0.0256. The molecule has 2 heterocycles. The van der Waals surface area contributed by atoms with Crippen molar-refractivity contribution < 1.29 is 17.6 Å². The molecule has 3 aromatic rings. The maximum atomic E-state index is 14.6. The number of amides is 1. The van der Waals surface area contributed by atoms with Gasteiger partial charge in [-0.2, -0.15) is 0 Å². The average molecular weight is 457 g/mol. The standard InChI is InChI=1S/C23H25FN4O3S/c1-15(2)32(30,31)20-9-6-5-8-17(20)23(29)25-19-14-16(11-12-18(19)24)22-27-26-21-10-4-3-7-13-28(21)22/h5-6,8-9,11-12,14-15H,3-4,7,10,13H2,1-2H3,(H,25,29). The summed E-state index contributed by atoms with van der Waals surface area (Å²) >= 11 is 0. The van der Waals surface area contributed by atoms with Gasteiger partial charge in [0.2, 0.25) is 0 Å². The van der Waals surface area contributed by atoms with Crippen molar-refractivity contribution >= 4 is 21.4 Å². The van der Waals surface area contributed by atoms with Crippen molar-refractivity contribution in [2.24, 2.45) is 0 Å². The highest BCUT2D eigenvalue weighted by molar-refractivity contribution is 7.92. The molecule has 0 aliphatic carbocycles. The van der Waals surface area contributed by atoms with Crippen LogP contribution in [0.3, 0.4) is 0 Å². The van der Waals surface area contributed by atoms with Crippen LogP contribution in [0.2, 0.25) is 0 Å². The highest BCUT2D eigenvalue weighted by atomic mass is 32.2. The number of nitrogens with zero attached hydrogens (tertiary/aromatic N) is 3. The van der Waals surface area contributed by atoms with Crippen LogP contribution in [0, 0.1) is 5.82 Å². The number of aromatic nitrogens is 3. The fraction of sp³-hybridized carbons (Fsp3) is 0.348. The van der Waals surface area contributed by atoms with Gasteiger partial charge in [0.25, 0.3) is 5.91 Å². The van der Waals surface area contributed by atoms with Gasteiger partial charge in [0.1, 0.15) is 11.6 Å². The van der Waals surface area contributed by atoms with Gasteiger partial charge in [-0.25, -0.2) is 12.8 Å². The van der Waals surface area contributed by atoms with Crippen LogP contribution in [0.1, 0.15) is 49.3 Å². The van der Waals surface area contributed by atoms with Gasteiger partial charge >= 0.3 is 0 Å². The van der Waals surface area contributed by atoms with E-state index in [1.807, 2.05) is 4.57 Å². The van der Waals surface area contributed by atoms with E-state index in [0.717, 1.165) is 38.1 Å². The van der Waals surface area contributed by atoms with E-state index >= 15 is 0 Å². The maximum Gasteiger partial charge on any atom is 0.257 e. The lowest BCUT2D eigenvalue weighted by atomic mass is 10.1. The lowest BCUT2D eigenvalue weighted by molar-refractivity contribution is 0.102. The second-order valence-corrected chi connectivity index (χ2v) is 10.6. The van der Waals surface area contributed by atoms with Gasteiger partial charge in [-0.3, -0.25) is 4.79 Å². The Morgan fingerprint density at radius 2 is 1.88 bits per heavy atom. The van der Waals surface area contributed by atoms with E-state index in [9.17, 15) is 17.6 Å². The summed E-state index contributed by atoms with van der Waals surface area (Å²) in [5.74, 6) is 0.211. The molecule has 9 heteroatoms. The van der Waals surface area contributed by atoms with Crippen LogP contribution in [-0.4, -0.2) is 34.3 Å². The van der Waals surface area contributed by atoms with E-state index in [-0.39, 0.29) is 16.1 Å². The zero-order valence-electron chi connectivity index (χ0n) is 18.0. The smallest absolute Gasteiger partial charge is 0.257 e. The molecular weight excluding hydrogens is 431 g/mol. The summed E-state index contributed by atoms with van der Waals surface area (Å²) in [5.41, 5.74) is 0.558. The Morgan fingerprint density at radius 3 is 2.66 bits per heavy atom. The molecule has 0 spiro atoms. The van der Waals surface area contributed by atoms with Crippen molar-refractivity contribution in [1.29, 1.82) is 0 Å². The molecular formula is C23H25FN4O3S. The number of hydrogen-bond donors (Lipinski definition) is 1. The molecule has 0 saturated carbocycles. The van der Waals surface area contributed by atoms with Gasteiger partial charge in [0, 0.05) is 18.5 Å². The van der Waals surface area contributed by atoms with Crippen LogP contribution in [0.15, 0.2) is 47.4 Å². The number of halogens is 1. The van der Waals surface area contributed by atoms with Crippen molar-refractivity contribution in [2.75, 3.05) is 5.32 Å². The van der Waals surface area contributed by atoms with Crippen molar-refractivity contribution in [1.82, 2.24) is 14.8 Å². The summed E-state index contributed by atoms with van der Waals surface area (Å²) in [5, 5.41) is 10.4. The van der Waals surface area contributed by atoms with Crippen LogP contribution < -0.4 is 5.32 Å². The number of aryl methyl sites for hydroxylation is 1. The van der Waals surface area contributed by atoms with Crippen molar-refractivity contribution in [3.63, 3.8) is 0 Å². The van der Waals surface area contributed by atoms with Crippen molar-refractivity contribution in [3.05, 3.63) is 59.7 Å². The van der Waals surface area contributed by atoms with Crippen LogP contribution in [0.25, 0.3) is 11.4 Å². The first-order chi connectivity index (χ1) is 15.3. The first kappa shape index (κ1) is 22.1. The van der Waals surface area contributed by atoms with Gasteiger partial charge in [-0.1, -0.05) is 18.6 Å². The molecule has 1 amide bonds. The minimum Gasteiger partial charge on any atom is -0.319 e.